The second-order valence-corrected chi connectivity index (χ2v) is 7.74. The van der Waals surface area contributed by atoms with Crippen LogP contribution in [-0.2, 0) is 14.3 Å². The number of rotatable bonds is 7. The Labute approximate surface area is 152 Å². The van der Waals surface area contributed by atoms with Crippen LogP contribution in [0, 0.1) is 5.41 Å². The maximum Gasteiger partial charge on any atom is 0.306 e. The Morgan fingerprint density at radius 1 is 1.36 bits per heavy atom. The second kappa shape index (κ2) is 9.14. The highest BCUT2D eigenvalue weighted by Crippen LogP contribution is 2.40. The smallest absolute Gasteiger partial charge is 0.306 e. The van der Waals surface area contributed by atoms with Gasteiger partial charge in [0, 0.05) is 12.8 Å². The zero-order valence-corrected chi connectivity index (χ0v) is 16.8. The van der Waals surface area contributed by atoms with Gasteiger partial charge in [0.25, 0.3) is 0 Å². The number of ether oxygens (including phenoxy) is 1. The number of esters is 1. The van der Waals surface area contributed by atoms with Gasteiger partial charge in [0.05, 0.1) is 0 Å². The van der Waals surface area contributed by atoms with E-state index in [1.54, 1.807) is 0 Å². The summed E-state index contributed by atoms with van der Waals surface area (Å²) in [6.45, 7) is 10.9. The first-order valence-electron chi connectivity index (χ1n) is 8.99. The van der Waals surface area contributed by atoms with Crippen LogP contribution in [0.2, 0.25) is 0 Å². The maximum absolute atomic E-state index is 12.7. The van der Waals surface area contributed by atoms with Crippen molar-refractivity contribution in [1.29, 1.82) is 0 Å². The summed E-state index contributed by atoms with van der Waals surface area (Å²) in [4.78, 5) is 26.8. The van der Waals surface area contributed by atoms with Crippen molar-refractivity contribution in [2.45, 2.75) is 60.0 Å². The van der Waals surface area contributed by atoms with E-state index in [1.807, 2.05) is 58.0 Å². The third-order valence-electron chi connectivity index (χ3n) is 4.72. The fourth-order valence-electron chi connectivity index (χ4n) is 3.06. The monoisotopic (exact) mass is 347 g/mol. The predicted octanol–water partition coefficient (Wildman–Crippen LogP) is 4.08. The highest BCUT2D eigenvalue weighted by molar-refractivity contribution is 6.01. The maximum atomic E-state index is 12.7. The van der Waals surface area contributed by atoms with E-state index in [4.69, 9.17) is 4.74 Å². The number of carbonyl (C=O) groups is 2. The summed E-state index contributed by atoms with van der Waals surface area (Å²) in [5, 5.41) is 0. The van der Waals surface area contributed by atoms with Gasteiger partial charge in [0.15, 0.2) is 11.9 Å². The molecule has 1 rings (SSSR count). The SMILES string of the molecule is C/C=C(C)/C=C/C1=C(C)C(=O)C(OC(=O)CCCN(C)C)CC1(C)C. The quantitative estimate of drug-likeness (QED) is 0.514. The molecule has 0 bridgehead atoms. The lowest BCUT2D eigenvalue weighted by molar-refractivity contribution is -0.156. The first kappa shape index (κ1) is 21.4. The Morgan fingerprint density at radius 3 is 2.56 bits per heavy atom. The molecule has 0 saturated heterocycles. The van der Waals surface area contributed by atoms with Crippen molar-refractivity contribution >= 4 is 11.8 Å². The van der Waals surface area contributed by atoms with Gasteiger partial charge in [-0.15, -0.1) is 0 Å². The molecule has 0 spiro atoms. The molecule has 0 aliphatic heterocycles. The molecule has 0 N–H and O–H groups in total. The number of allylic oxidation sites excluding steroid dienone is 5. The minimum Gasteiger partial charge on any atom is -0.454 e. The van der Waals surface area contributed by atoms with Gasteiger partial charge in [0.1, 0.15) is 0 Å². The molecule has 0 radical (unpaired) electrons. The summed E-state index contributed by atoms with van der Waals surface area (Å²) in [6.07, 6.45) is 7.03. The van der Waals surface area contributed by atoms with Crippen molar-refractivity contribution in [2.24, 2.45) is 5.41 Å². The molecule has 0 saturated carbocycles. The van der Waals surface area contributed by atoms with Crippen LogP contribution in [0.4, 0.5) is 0 Å². The second-order valence-electron chi connectivity index (χ2n) is 7.74. The van der Waals surface area contributed by atoms with Crippen LogP contribution < -0.4 is 0 Å². The topological polar surface area (TPSA) is 46.6 Å². The molecule has 1 unspecified atom stereocenters. The Kier molecular flexibility index (Phi) is 7.81. The number of carbonyl (C=O) groups excluding carboxylic acids is 2. The van der Waals surface area contributed by atoms with Crippen molar-refractivity contribution in [1.82, 2.24) is 4.90 Å². The lowest BCUT2D eigenvalue weighted by Gasteiger charge is -2.36. The van der Waals surface area contributed by atoms with Crippen LogP contribution in [0.15, 0.2) is 34.9 Å². The average Bonchev–Trinajstić information content (AvgIpc) is 2.51. The lowest BCUT2D eigenvalue weighted by Crippen LogP contribution is -2.39. The lowest BCUT2D eigenvalue weighted by atomic mass is 9.71. The summed E-state index contributed by atoms with van der Waals surface area (Å²) in [7, 11) is 3.94. The van der Waals surface area contributed by atoms with Crippen LogP contribution in [0.25, 0.3) is 0 Å². The number of nitrogens with zero attached hydrogens (tertiary/aromatic N) is 1. The van der Waals surface area contributed by atoms with Gasteiger partial charge in [-0.25, -0.2) is 0 Å². The summed E-state index contributed by atoms with van der Waals surface area (Å²) in [5.74, 6) is -0.356. The van der Waals surface area contributed by atoms with Gasteiger partial charge in [0.2, 0.25) is 0 Å². The van der Waals surface area contributed by atoms with Crippen LogP contribution in [0.1, 0.15) is 53.9 Å². The third-order valence-corrected chi connectivity index (χ3v) is 4.72. The van der Waals surface area contributed by atoms with Gasteiger partial charge in [-0.1, -0.05) is 37.6 Å². The molecule has 4 nitrogen and oxygen atoms in total. The highest BCUT2D eigenvalue weighted by Gasteiger charge is 2.39. The molecule has 0 amide bonds. The van der Waals surface area contributed by atoms with E-state index in [9.17, 15) is 9.59 Å². The largest absolute Gasteiger partial charge is 0.454 e. The molecule has 1 atom stereocenters. The molecule has 140 valence electrons. The first-order chi connectivity index (χ1) is 11.6. The Balaban J connectivity index is 2.86. The molecular formula is C21H33NO3. The number of hydrogen-bond donors (Lipinski definition) is 0. The predicted molar refractivity (Wildman–Crippen MR) is 102 cm³/mol. The standard InChI is InChI=1S/C21H33NO3/c1-8-15(2)11-12-17-16(3)20(24)18(14-21(17,4)5)25-19(23)10-9-13-22(6)7/h8,11-12,18H,9-10,13-14H2,1-7H3/b12-11+,15-8+. The number of hydrogen-bond acceptors (Lipinski definition) is 4. The fourth-order valence-corrected chi connectivity index (χ4v) is 3.06. The zero-order chi connectivity index (χ0) is 19.2. The molecule has 1 aliphatic carbocycles. The summed E-state index contributed by atoms with van der Waals surface area (Å²) >= 11 is 0. The molecule has 0 aromatic rings. The molecule has 0 heterocycles. The van der Waals surface area contributed by atoms with Crippen LogP contribution in [0.3, 0.4) is 0 Å². The van der Waals surface area contributed by atoms with E-state index < -0.39 is 6.10 Å². The Bertz CT molecular complexity index is 594. The highest BCUT2D eigenvalue weighted by atomic mass is 16.5. The summed E-state index contributed by atoms with van der Waals surface area (Å²) in [6, 6.07) is 0. The van der Waals surface area contributed by atoms with Gasteiger partial charge in [-0.2, -0.15) is 0 Å². The van der Waals surface area contributed by atoms with Crippen molar-refractivity contribution in [3.63, 3.8) is 0 Å². The average molecular weight is 347 g/mol. The minimum absolute atomic E-state index is 0.0712. The van der Waals surface area contributed by atoms with Gasteiger partial charge in [-0.3, -0.25) is 9.59 Å². The van der Waals surface area contributed by atoms with E-state index in [0.29, 0.717) is 18.4 Å². The van der Waals surface area contributed by atoms with E-state index in [1.165, 1.54) is 0 Å². The molecule has 0 aromatic carbocycles. The van der Waals surface area contributed by atoms with Crippen molar-refractivity contribution < 1.29 is 14.3 Å². The summed E-state index contributed by atoms with van der Waals surface area (Å²) < 4.78 is 5.51. The van der Waals surface area contributed by atoms with Gasteiger partial charge in [-0.05, 0) is 64.4 Å². The van der Waals surface area contributed by atoms with Crippen molar-refractivity contribution in [2.75, 3.05) is 20.6 Å². The zero-order valence-electron chi connectivity index (χ0n) is 16.8. The van der Waals surface area contributed by atoms with Gasteiger partial charge >= 0.3 is 5.97 Å². The molecule has 25 heavy (non-hydrogen) atoms. The van der Waals surface area contributed by atoms with E-state index in [0.717, 1.165) is 24.1 Å². The first-order valence-corrected chi connectivity index (χ1v) is 8.99. The van der Waals surface area contributed by atoms with E-state index in [2.05, 4.69) is 13.8 Å². The molecule has 1 aliphatic rings. The molecule has 4 heteroatoms. The van der Waals surface area contributed by atoms with Gasteiger partial charge < -0.3 is 9.64 Å². The molecular weight excluding hydrogens is 314 g/mol. The van der Waals surface area contributed by atoms with Crippen LogP contribution in [-0.4, -0.2) is 43.4 Å². The van der Waals surface area contributed by atoms with Crippen LogP contribution >= 0.6 is 0 Å². The van der Waals surface area contributed by atoms with Crippen molar-refractivity contribution in [3.05, 3.63) is 34.9 Å². The Morgan fingerprint density at radius 2 is 2.00 bits per heavy atom. The molecule has 0 aromatic heterocycles. The fraction of sp³-hybridized carbons (Fsp3) is 0.619. The minimum atomic E-state index is -0.665. The third kappa shape index (κ3) is 6.28. The molecule has 0 fully saturated rings. The van der Waals surface area contributed by atoms with Crippen molar-refractivity contribution in [3.8, 4) is 0 Å². The van der Waals surface area contributed by atoms with E-state index >= 15 is 0 Å². The Hall–Kier alpha value is -1.68. The normalized spacial score (nSPS) is 21.4. The summed E-state index contributed by atoms with van der Waals surface area (Å²) in [5.41, 5.74) is 2.66. The number of ketones is 1. The number of Topliss-reactive ketones (excluding diaryl/α,β-unsaturated/α-hetero) is 1. The van der Waals surface area contributed by atoms with Crippen LogP contribution in [0.5, 0.6) is 0 Å². The van der Waals surface area contributed by atoms with E-state index in [-0.39, 0.29) is 17.2 Å².